The van der Waals surface area contributed by atoms with Crippen molar-refractivity contribution in [3.63, 3.8) is 0 Å². The highest BCUT2D eigenvalue weighted by molar-refractivity contribution is 6.05. The number of nitrogens with one attached hydrogen (secondary N) is 2. The molecule has 0 saturated carbocycles. The van der Waals surface area contributed by atoms with Gasteiger partial charge in [-0.3, -0.25) is 25.0 Å². The van der Waals surface area contributed by atoms with E-state index >= 15 is 0 Å². The van der Waals surface area contributed by atoms with Crippen LogP contribution in [-0.2, 0) is 9.59 Å². The van der Waals surface area contributed by atoms with Gasteiger partial charge in [0, 0.05) is 7.05 Å². The van der Waals surface area contributed by atoms with Gasteiger partial charge in [0.05, 0.1) is 11.5 Å². The SMILES string of the molecule is CNc1cccc(N2CC(=O)NC(=O)C2C)c1[N+](=O)[O-]. The van der Waals surface area contributed by atoms with E-state index in [1.165, 1.54) is 11.0 Å². The highest BCUT2D eigenvalue weighted by Gasteiger charge is 2.34. The van der Waals surface area contributed by atoms with E-state index in [1.54, 1.807) is 26.1 Å². The average Bonchev–Trinajstić information content (AvgIpc) is 2.41. The second-order valence-corrected chi connectivity index (χ2v) is 4.40. The number of nitro benzene ring substituents is 1. The standard InChI is InChI=1S/C12H14N4O4/c1-7-12(18)14-10(17)6-15(7)9-5-3-4-8(13-2)11(9)16(19)20/h3-5,7,13H,6H2,1-2H3,(H,14,17,18). The molecule has 8 heteroatoms. The van der Waals surface area contributed by atoms with Crippen LogP contribution < -0.4 is 15.5 Å². The molecule has 1 saturated heterocycles. The third kappa shape index (κ3) is 2.27. The Balaban J connectivity index is 2.54. The molecular formula is C12H14N4O4. The maximum Gasteiger partial charge on any atom is 0.315 e. The number of piperazine rings is 1. The Morgan fingerprint density at radius 1 is 1.45 bits per heavy atom. The van der Waals surface area contributed by atoms with Crippen molar-refractivity contribution in [1.29, 1.82) is 0 Å². The van der Waals surface area contributed by atoms with E-state index in [0.717, 1.165) is 0 Å². The summed E-state index contributed by atoms with van der Waals surface area (Å²) < 4.78 is 0. The molecule has 106 valence electrons. The number of nitro groups is 1. The quantitative estimate of drug-likeness (QED) is 0.473. The third-order valence-corrected chi connectivity index (χ3v) is 3.20. The highest BCUT2D eigenvalue weighted by Crippen LogP contribution is 2.36. The lowest BCUT2D eigenvalue weighted by atomic mass is 10.1. The molecule has 1 heterocycles. The molecular weight excluding hydrogens is 264 g/mol. The van der Waals surface area contributed by atoms with Crippen LogP contribution in [0.2, 0.25) is 0 Å². The molecule has 0 radical (unpaired) electrons. The van der Waals surface area contributed by atoms with Crippen LogP contribution in [0.5, 0.6) is 0 Å². The minimum absolute atomic E-state index is 0.0963. The summed E-state index contributed by atoms with van der Waals surface area (Å²) in [5, 5.41) is 16.2. The largest absolute Gasteiger partial charge is 0.382 e. The van der Waals surface area contributed by atoms with Crippen molar-refractivity contribution < 1.29 is 14.5 Å². The zero-order valence-corrected chi connectivity index (χ0v) is 11.0. The number of carbonyl (C=O) groups excluding carboxylic acids is 2. The molecule has 2 rings (SSSR count). The number of para-hydroxylation sites is 1. The van der Waals surface area contributed by atoms with Crippen molar-refractivity contribution in [2.24, 2.45) is 0 Å². The van der Waals surface area contributed by atoms with Crippen molar-refractivity contribution in [3.05, 3.63) is 28.3 Å². The van der Waals surface area contributed by atoms with Gasteiger partial charge in [-0.2, -0.15) is 0 Å². The highest BCUT2D eigenvalue weighted by atomic mass is 16.6. The molecule has 1 aliphatic heterocycles. The van der Waals surface area contributed by atoms with E-state index in [4.69, 9.17) is 0 Å². The second-order valence-electron chi connectivity index (χ2n) is 4.40. The summed E-state index contributed by atoms with van der Waals surface area (Å²) in [4.78, 5) is 35.3. The molecule has 1 atom stereocenters. The first kappa shape index (κ1) is 13.8. The van der Waals surface area contributed by atoms with Crippen molar-refractivity contribution in [2.45, 2.75) is 13.0 Å². The second kappa shape index (κ2) is 5.16. The van der Waals surface area contributed by atoms with E-state index in [0.29, 0.717) is 5.69 Å². The Morgan fingerprint density at radius 3 is 2.75 bits per heavy atom. The minimum Gasteiger partial charge on any atom is -0.382 e. The third-order valence-electron chi connectivity index (χ3n) is 3.20. The fraction of sp³-hybridized carbons (Fsp3) is 0.333. The molecule has 0 spiro atoms. The minimum atomic E-state index is -0.654. The van der Waals surface area contributed by atoms with Crippen molar-refractivity contribution in [2.75, 3.05) is 23.8 Å². The number of hydrogen-bond acceptors (Lipinski definition) is 6. The average molecular weight is 278 g/mol. The fourth-order valence-corrected chi connectivity index (χ4v) is 2.17. The predicted octanol–water partition coefficient (Wildman–Crippen LogP) is 0.488. The summed E-state index contributed by atoms with van der Waals surface area (Å²) in [6.07, 6.45) is 0. The van der Waals surface area contributed by atoms with Gasteiger partial charge in [0.15, 0.2) is 0 Å². The number of hydrogen-bond donors (Lipinski definition) is 2. The van der Waals surface area contributed by atoms with E-state index in [1.807, 2.05) is 0 Å². The number of imide groups is 1. The zero-order valence-electron chi connectivity index (χ0n) is 11.0. The first-order valence-corrected chi connectivity index (χ1v) is 6.01. The van der Waals surface area contributed by atoms with Crippen LogP contribution in [0.25, 0.3) is 0 Å². The number of amides is 2. The molecule has 1 aliphatic rings. The number of nitrogens with zero attached hydrogens (tertiary/aromatic N) is 2. The van der Waals surface area contributed by atoms with Gasteiger partial charge < -0.3 is 10.2 Å². The van der Waals surface area contributed by atoms with E-state index < -0.39 is 22.8 Å². The summed E-state index contributed by atoms with van der Waals surface area (Å²) in [7, 11) is 1.57. The summed E-state index contributed by atoms with van der Waals surface area (Å²) >= 11 is 0. The van der Waals surface area contributed by atoms with Gasteiger partial charge in [-0.25, -0.2) is 0 Å². The van der Waals surface area contributed by atoms with Gasteiger partial charge in [-0.05, 0) is 19.1 Å². The number of benzene rings is 1. The van der Waals surface area contributed by atoms with Crippen LogP contribution in [0.15, 0.2) is 18.2 Å². The Kier molecular flexibility index (Phi) is 3.55. The van der Waals surface area contributed by atoms with Gasteiger partial charge in [0.2, 0.25) is 11.8 Å². The molecule has 8 nitrogen and oxygen atoms in total. The lowest BCUT2D eigenvalue weighted by Gasteiger charge is -2.33. The van der Waals surface area contributed by atoms with E-state index in [2.05, 4.69) is 10.6 Å². The van der Waals surface area contributed by atoms with Crippen LogP contribution in [0, 0.1) is 10.1 Å². The molecule has 0 aromatic heterocycles. The molecule has 0 bridgehead atoms. The van der Waals surface area contributed by atoms with Crippen molar-refractivity contribution in [1.82, 2.24) is 5.32 Å². The van der Waals surface area contributed by atoms with Crippen LogP contribution in [0.4, 0.5) is 17.1 Å². The van der Waals surface area contributed by atoms with Crippen LogP contribution >= 0.6 is 0 Å². The van der Waals surface area contributed by atoms with Crippen LogP contribution in [0.1, 0.15) is 6.92 Å². The van der Waals surface area contributed by atoms with Crippen LogP contribution in [0.3, 0.4) is 0 Å². The molecule has 1 aromatic rings. The van der Waals surface area contributed by atoms with Crippen molar-refractivity contribution >= 4 is 28.9 Å². The van der Waals surface area contributed by atoms with Gasteiger partial charge in [0.25, 0.3) is 0 Å². The summed E-state index contributed by atoms with van der Waals surface area (Å²) in [5.74, 6) is -0.942. The maximum absolute atomic E-state index is 11.7. The lowest BCUT2D eigenvalue weighted by Crippen LogP contribution is -2.57. The fourth-order valence-electron chi connectivity index (χ4n) is 2.17. The Hall–Kier alpha value is -2.64. The van der Waals surface area contributed by atoms with Gasteiger partial charge >= 0.3 is 5.69 Å². The van der Waals surface area contributed by atoms with E-state index in [-0.39, 0.29) is 17.9 Å². The smallest absolute Gasteiger partial charge is 0.315 e. The topological polar surface area (TPSA) is 105 Å². The van der Waals surface area contributed by atoms with Gasteiger partial charge in [-0.15, -0.1) is 0 Å². The number of rotatable bonds is 3. The van der Waals surface area contributed by atoms with Gasteiger partial charge in [-0.1, -0.05) is 6.07 Å². The Morgan fingerprint density at radius 2 is 2.15 bits per heavy atom. The van der Waals surface area contributed by atoms with Crippen LogP contribution in [-0.4, -0.2) is 36.4 Å². The molecule has 2 amide bonds. The van der Waals surface area contributed by atoms with Gasteiger partial charge in [0.1, 0.15) is 17.4 Å². The first-order valence-electron chi connectivity index (χ1n) is 6.01. The monoisotopic (exact) mass is 278 g/mol. The number of anilines is 2. The first-order chi connectivity index (χ1) is 9.45. The van der Waals surface area contributed by atoms with E-state index in [9.17, 15) is 19.7 Å². The molecule has 0 aliphatic carbocycles. The molecule has 20 heavy (non-hydrogen) atoms. The zero-order chi connectivity index (χ0) is 14.9. The Bertz CT molecular complexity index is 587. The normalized spacial score (nSPS) is 18.7. The summed E-state index contributed by atoms with van der Waals surface area (Å²) in [6.45, 7) is 1.50. The maximum atomic E-state index is 11.7. The molecule has 1 aromatic carbocycles. The number of carbonyl (C=O) groups is 2. The predicted molar refractivity (Wildman–Crippen MR) is 72.6 cm³/mol. The molecule has 1 unspecified atom stereocenters. The van der Waals surface area contributed by atoms with Crippen molar-refractivity contribution in [3.8, 4) is 0 Å². The summed E-state index contributed by atoms with van der Waals surface area (Å²) in [5.41, 5.74) is 0.431. The summed E-state index contributed by atoms with van der Waals surface area (Å²) in [6, 6.07) is 4.08. The Labute approximate surface area is 114 Å². The lowest BCUT2D eigenvalue weighted by molar-refractivity contribution is -0.383. The molecule has 1 fully saturated rings. The molecule has 2 N–H and O–H groups in total.